The molecule has 0 spiro atoms. The largest absolute Gasteiger partial charge is 0.369 e. The lowest BCUT2D eigenvalue weighted by Gasteiger charge is -2.15. The van der Waals surface area contributed by atoms with Gasteiger partial charge in [-0.15, -0.1) is 0 Å². The Labute approximate surface area is 161 Å². The van der Waals surface area contributed by atoms with Gasteiger partial charge in [-0.25, -0.2) is 0 Å². The third-order valence-electron chi connectivity index (χ3n) is 3.78. The van der Waals surface area contributed by atoms with Gasteiger partial charge in [0, 0.05) is 6.42 Å². The molecule has 0 amide bonds. The number of hydrogen-bond donors (Lipinski definition) is 0. The highest BCUT2D eigenvalue weighted by Gasteiger charge is 2.19. The third kappa shape index (κ3) is 9.74. The molecule has 0 fully saturated rings. The summed E-state index contributed by atoms with van der Waals surface area (Å²) in [6.45, 7) is 6.91. The van der Waals surface area contributed by atoms with Crippen molar-refractivity contribution < 1.29 is 4.74 Å². The van der Waals surface area contributed by atoms with E-state index in [-0.39, 0.29) is 6.10 Å². The molecule has 24 heavy (non-hydrogen) atoms. The molecule has 4 heteroatoms. The Bertz CT molecular complexity index is 530. The molecule has 1 aromatic carbocycles. The second kappa shape index (κ2) is 11.2. The Kier molecular flexibility index (Phi) is 10.1. The van der Waals surface area contributed by atoms with Gasteiger partial charge in [0.1, 0.15) is 0 Å². The van der Waals surface area contributed by atoms with Crippen LogP contribution in [0.5, 0.6) is 0 Å². The smallest absolute Gasteiger partial charge is 0.194 e. The summed E-state index contributed by atoms with van der Waals surface area (Å²) >= 11 is 17.4. The molecule has 0 aromatic heterocycles. The minimum atomic E-state index is -1.20. The van der Waals surface area contributed by atoms with E-state index >= 15 is 0 Å². The van der Waals surface area contributed by atoms with Crippen molar-refractivity contribution in [3.05, 3.63) is 59.2 Å². The first-order chi connectivity index (χ1) is 11.3. The van der Waals surface area contributed by atoms with Crippen LogP contribution in [0.3, 0.4) is 0 Å². The monoisotopic (exact) mass is 388 g/mol. The van der Waals surface area contributed by atoms with Crippen LogP contribution < -0.4 is 0 Å². The molecule has 0 N–H and O–H groups in total. The predicted molar refractivity (Wildman–Crippen MR) is 107 cm³/mol. The Balaban J connectivity index is 2.37. The lowest BCUT2D eigenvalue weighted by molar-refractivity contribution is 0.0709. The quantitative estimate of drug-likeness (QED) is 0.312. The van der Waals surface area contributed by atoms with Crippen LogP contribution in [0.1, 0.15) is 58.1 Å². The van der Waals surface area contributed by atoms with E-state index in [1.807, 2.05) is 25.1 Å². The number of rotatable bonds is 9. The highest BCUT2D eigenvalue weighted by atomic mass is 35.6. The fraction of sp³-hybridized carbons (Fsp3) is 0.500. The van der Waals surface area contributed by atoms with Crippen LogP contribution in [-0.4, -0.2) is 10.4 Å². The van der Waals surface area contributed by atoms with Crippen molar-refractivity contribution in [1.29, 1.82) is 0 Å². The van der Waals surface area contributed by atoms with Gasteiger partial charge in [-0.05, 0) is 38.7 Å². The molecule has 0 aliphatic heterocycles. The maximum Gasteiger partial charge on any atom is 0.194 e. The summed E-state index contributed by atoms with van der Waals surface area (Å²) in [5, 5.41) is 0. The van der Waals surface area contributed by atoms with Gasteiger partial charge in [-0.2, -0.15) is 0 Å². The SMILES string of the molecule is CCC(OC/C=C(\C)CC/C=C(\C)CC(Cl)(Cl)Cl)c1ccccc1. The van der Waals surface area contributed by atoms with Gasteiger partial charge in [0.25, 0.3) is 0 Å². The zero-order valence-electron chi connectivity index (χ0n) is 14.7. The normalized spacial score (nSPS) is 14.8. The van der Waals surface area contributed by atoms with Crippen molar-refractivity contribution in [1.82, 2.24) is 0 Å². The molecule has 0 radical (unpaired) electrons. The van der Waals surface area contributed by atoms with Crippen LogP contribution in [0.4, 0.5) is 0 Å². The van der Waals surface area contributed by atoms with Crippen molar-refractivity contribution in [2.24, 2.45) is 0 Å². The van der Waals surface area contributed by atoms with Crippen LogP contribution in [0.15, 0.2) is 53.6 Å². The van der Waals surface area contributed by atoms with E-state index in [0.717, 1.165) is 24.8 Å². The van der Waals surface area contributed by atoms with Crippen LogP contribution in [0.25, 0.3) is 0 Å². The molecular formula is C20H27Cl3O. The van der Waals surface area contributed by atoms with Crippen LogP contribution in [-0.2, 0) is 4.74 Å². The van der Waals surface area contributed by atoms with E-state index in [9.17, 15) is 0 Å². The van der Waals surface area contributed by atoms with Gasteiger partial charge in [0.05, 0.1) is 12.7 Å². The first-order valence-corrected chi connectivity index (χ1v) is 9.49. The van der Waals surface area contributed by atoms with Gasteiger partial charge < -0.3 is 4.74 Å². The highest BCUT2D eigenvalue weighted by molar-refractivity contribution is 6.67. The van der Waals surface area contributed by atoms with Gasteiger partial charge in [-0.3, -0.25) is 0 Å². The van der Waals surface area contributed by atoms with Crippen LogP contribution in [0, 0.1) is 0 Å². The lowest BCUT2D eigenvalue weighted by Crippen LogP contribution is -2.03. The second-order valence-electron chi connectivity index (χ2n) is 6.07. The Hall–Kier alpha value is -0.470. The fourth-order valence-corrected chi connectivity index (χ4v) is 3.09. The molecule has 1 nitrogen and oxygen atoms in total. The van der Waals surface area contributed by atoms with Crippen molar-refractivity contribution in [3.8, 4) is 0 Å². The van der Waals surface area contributed by atoms with Crippen LogP contribution >= 0.6 is 34.8 Å². The minimum Gasteiger partial charge on any atom is -0.369 e. The molecule has 1 unspecified atom stereocenters. The van der Waals surface area contributed by atoms with E-state index in [1.165, 1.54) is 11.1 Å². The molecular weight excluding hydrogens is 363 g/mol. The van der Waals surface area contributed by atoms with Crippen LogP contribution in [0.2, 0.25) is 0 Å². The number of hydrogen-bond acceptors (Lipinski definition) is 1. The summed E-state index contributed by atoms with van der Waals surface area (Å²) in [5.41, 5.74) is 3.65. The molecule has 134 valence electrons. The maximum atomic E-state index is 6.00. The van der Waals surface area contributed by atoms with Crippen molar-refractivity contribution in [3.63, 3.8) is 0 Å². The molecule has 1 atom stereocenters. The first-order valence-electron chi connectivity index (χ1n) is 8.36. The number of benzene rings is 1. The molecule has 1 aromatic rings. The van der Waals surface area contributed by atoms with Crippen molar-refractivity contribution in [2.45, 2.75) is 56.4 Å². The minimum absolute atomic E-state index is 0.154. The topological polar surface area (TPSA) is 9.23 Å². The van der Waals surface area contributed by atoms with Gasteiger partial charge in [0.2, 0.25) is 0 Å². The Morgan fingerprint density at radius 1 is 1.08 bits per heavy atom. The molecule has 1 rings (SSSR count). The van der Waals surface area contributed by atoms with E-state index < -0.39 is 3.79 Å². The van der Waals surface area contributed by atoms with E-state index in [4.69, 9.17) is 39.5 Å². The van der Waals surface area contributed by atoms with Gasteiger partial charge >= 0.3 is 0 Å². The second-order valence-corrected chi connectivity index (χ2v) is 8.59. The maximum absolute atomic E-state index is 6.00. The zero-order valence-corrected chi connectivity index (χ0v) is 17.0. The third-order valence-corrected chi connectivity index (χ3v) is 4.18. The Morgan fingerprint density at radius 3 is 2.33 bits per heavy atom. The predicted octanol–water partition coefficient (Wildman–Crippen LogP) is 7.59. The van der Waals surface area contributed by atoms with Gasteiger partial charge in [-0.1, -0.05) is 95.4 Å². The summed E-state index contributed by atoms with van der Waals surface area (Å²) < 4.78 is 4.79. The van der Waals surface area contributed by atoms with E-state index in [1.54, 1.807) is 0 Å². The first kappa shape index (κ1) is 21.6. The molecule has 0 saturated carbocycles. The molecule has 0 aliphatic rings. The number of alkyl halides is 3. The molecule has 0 bridgehead atoms. The molecule has 0 saturated heterocycles. The summed E-state index contributed by atoms with van der Waals surface area (Å²) in [6.07, 6.45) is 7.83. The average Bonchev–Trinajstić information content (AvgIpc) is 2.50. The summed E-state index contributed by atoms with van der Waals surface area (Å²) in [4.78, 5) is 0. The van der Waals surface area contributed by atoms with E-state index in [2.05, 4.69) is 38.1 Å². The highest BCUT2D eigenvalue weighted by Crippen LogP contribution is 2.33. The Morgan fingerprint density at radius 2 is 1.75 bits per heavy atom. The molecule has 0 aliphatic carbocycles. The number of allylic oxidation sites excluding steroid dienone is 3. The summed E-state index contributed by atoms with van der Waals surface area (Å²) in [5.74, 6) is 0. The number of halogens is 3. The van der Waals surface area contributed by atoms with Crippen molar-refractivity contribution in [2.75, 3.05) is 6.61 Å². The lowest BCUT2D eigenvalue weighted by atomic mass is 10.1. The summed E-state index contributed by atoms with van der Waals surface area (Å²) in [7, 11) is 0. The standard InChI is InChI=1S/C20H27Cl3O/c1-4-19(18-11-6-5-7-12-18)24-14-13-16(2)9-8-10-17(3)15-20(21,22)23/h5-7,10-13,19H,4,8-9,14-15H2,1-3H3/b16-13+,17-10+. The van der Waals surface area contributed by atoms with E-state index in [0.29, 0.717) is 13.0 Å². The van der Waals surface area contributed by atoms with Crippen molar-refractivity contribution >= 4 is 34.8 Å². The summed E-state index contributed by atoms with van der Waals surface area (Å²) in [6, 6.07) is 10.4. The van der Waals surface area contributed by atoms with Gasteiger partial charge in [0.15, 0.2) is 3.79 Å². The number of ether oxygens (including phenoxy) is 1. The zero-order chi connectivity index (χ0) is 18.0. The fourth-order valence-electron chi connectivity index (χ4n) is 2.46. The average molecular weight is 390 g/mol. The molecule has 0 heterocycles.